The minimum Gasteiger partial charge on any atom is -0.338 e. The molecule has 0 spiro atoms. The number of nitrogens with zero attached hydrogens (tertiary/aromatic N) is 3. The van der Waals surface area contributed by atoms with Crippen LogP contribution in [0.1, 0.15) is 35.8 Å². The van der Waals surface area contributed by atoms with Crippen LogP contribution in [0.3, 0.4) is 0 Å². The van der Waals surface area contributed by atoms with Gasteiger partial charge in [0.2, 0.25) is 5.89 Å². The van der Waals surface area contributed by atoms with E-state index in [0.717, 1.165) is 13.0 Å². The second-order valence-corrected chi connectivity index (χ2v) is 4.90. The second kappa shape index (κ2) is 5.11. The number of benzene rings is 1. The molecule has 0 fully saturated rings. The van der Waals surface area contributed by atoms with E-state index in [4.69, 9.17) is 10.3 Å². The molecule has 0 saturated heterocycles. The topological polar surface area (TPSA) is 68.2 Å². The molecule has 1 aromatic heterocycles. The highest BCUT2D eigenvalue weighted by Crippen LogP contribution is 2.29. The molecule has 3 rings (SSSR count). The van der Waals surface area contributed by atoms with E-state index in [-0.39, 0.29) is 0 Å². The van der Waals surface area contributed by atoms with Crippen molar-refractivity contribution in [2.75, 3.05) is 6.54 Å². The largest absolute Gasteiger partial charge is 0.338 e. The summed E-state index contributed by atoms with van der Waals surface area (Å²) in [6, 6.07) is 9.00. The maximum Gasteiger partial charge on any atom is 0.240 e. The van der Waals surface area contributed by atoms with Gasteiger partial charge in [-0.05, 0) is 24.5 Å². The SMILES string of the molecule is CC1c2ccccc2CCN1Cc1noc(CN)n1. The Morgan fingerprint density at radius 1 is 1.42 bits per heavy atom. The van der Waals surface area contributed by atoms with E-state index in [0.29, 0.717) is 30.8 Å². The van der Waals surface area contributed by atoms with Gasteiger partial charge in [-0.2, -0.15) is 4.98 Å². The number of aromatic nitrogens is 2. The van der Waals surface area contributed by atoms with Gasteiger partial charge in [0.15, 0.2) is 5.82 Å². The first-order chi connectivity index (χ1) is 9.28. The lowest BCUT2D eigenvalue weighted by molar-refractivity contribution is 0.182. The lowest BCUT2D eigenvalue weighted by Crippen LogP contribution is -2.33. The molecule has 1 unspecified atom stereocenters. The fourth-order valence-corrected chi connectivity index (χ4v) is 2.66. The lowest BCUT2D eigenvalue weighted by Gasteiger charge is -2.34. The molecule has 1 atom stereocenters. The van der Waals surface area contributed by atoms with Crippen LogP contribution in [0.25, 0.3) is 0 Å². The quantitative estimate of drug-likeness (QED) is 0.906. The molecule has 2 heterocycles. The molecular formula is C14H18N4O. The third-order valence-corrected chi connectivity index (χ3v) is 3.75. The van der Waals surface area contributed by atoms with Gasteiger partial charge in [-0.25, -0.2) is 0 Å². The van der Waals surface area contributed by atoms with Crippen LogP contribution < -0.4 is 5.73 Å². The maximum atomic E-state index is 5.48. The van der Waals surface area contributed by atoms with Crippen LogP contribution in [0.15, 0.2) is 28.8 Å². The molecule has 0 aliphatic carbocycles. The summed E-state index contributed by atoms with van der Waals surface area (Å²) in [5.41, 5.74) is 8.32. The fourth-order valence-electron chi connectivity index (χ4n) is 2.66. The minimum absolute atomic E-state index is 0.297. The van der Waals surface area contributed by atoms with Crippen molar-refractivity contribution in [3.05, 3.63) is 47.1 Å². The Hall–Kier alpha value is -1.72. The Morgan fingerprint density at radius 3 is 3.05 bits per heavy atom. The smallest absolute Gasteiger partial charge is 0.240 e. The summed E-state index contributed by atoms with van der Waals surface area (Å²) in [6.07, 6.45) is 1.07. The Balaban J connectivity index is 1.76. The van der Waals surface area contributed by atoms with E-state index in [9.17, 15) is 0 Å². The Bertz CT molecular complexity index is 566. The Labute approximate surface area is 112 Å². The summed E-state index contributed by atoms with van der Waals surface area (Å²) in [4.78, 5) is 6.64. The van der Waals surface area contributed by atoms with Crippen molar-refractivity contribution in [3.8, 4) is 0 Å². The predicted molar refractivity (Wildman–Crippen MR) is 71.2 cm³/mol. The summed E-state index contributed by atoms with van der Waals surface area (Å²) < 4.78 is 5.05. The second-order valence-electron chi connectivity index (χ2n) is 4.90. The molecule has 2 N–H and O–H groups in total. The van der Waals surface area contributed by atoms with E-state index in [1.54, 1.807) is 0 Å². The highest BCUT2D eigenvalue weighted by atomic mass is 16.5. The molecule has 19 heavy (non-hydrogen) atoms. The Kier molecular flexibility index (Phi) is 3.31. The van der Waals surface area contributed by atoms with Gasteiger partial charge in [0.05, 0.1) is 13.1 Å². The molecule has 5 nitrogen and oxygen atoms in total. The zero-order chi connectivity index (χ0) is 13.2. The monoisotopic (exact) mass is 258 g/mol. The van der Waals surface area contributed by atoms with E-state index in [1.165, 1.54) is 11.1 Å². The molecule has 100 valence electrons. The van der Waals surface area contributed by atoms with Crippen molar-refractivity contribution >= 4 is 0 Å². The first-order valence-electron chi connectivity index (χ1n) is 6.61. The van der Waals surface area contributed by atoms with E-state index in [2.05, 4.69) is 46.2 Å². The number of hydrogen-bond donors (Lipinski definition) is 1. The predicted octanol–water partition coefficient (Wildman–Crippen LogP) is 1.65. The number of fused-ring (bicyclic) bond motifs is 1. The van der Waals surface area contributed by atoms with Gasteiger partial charge >= 0.3 is 0 Å². The van der Waals surface area contributed by atoms with Crippen LogP contribution >= 0.6 is 0 Å². The van der Waals surface area contributed by atoms with Crippen LogP contribution in [-0.2, 0) is 19.5 Å². The third kappa shape index (κ3) is 2.39. The summed E-state index contributed by atoms with van der Waals surface area (Å²) in [7, 11) is 0. The molecule has 1 aliphatic heterocycles. The van der Waals surface area contributed by atoms with Crippen LogP contribution in [0.2, 0.25) is 0 Å². The van der Waals surface area contributed by atoms with E-state index in [1.807, 2.05) is 0 Å². The summed E-state index contributed by atoms with van der Waals surface area (Å²) in [5.74, 6) is 1.21. The van der Waals surface area contributed by atoms with Crippen molar-refractivity contribution < 1.29 is 4.52 Å². The zero-order valence-corrected chi connectivity index (χ0v) is 11.0. The Morgan fingerprint density at radius 2 is 2.26 bits per heavy atom. The molecular weight excluding hydrogens is 240 g/mol. The highest BCUT2D eigenvalue weighted by molar-refractivity contribution is 5.32. The van der Waals surface area contributed by atoms with Crippen molar-refractivity contribution in [2.24, 2.45) is 5.73 Å². The average molecular weight is 258 g/mol. The zero-order valence-electron chi connectivity index (χ0n) is 11.0. The summed E-state index contributed by atoms with van der Waals surface area (Å²) in [5, 5.41) is 3.96. The van der Waals surface area contributed by atoms with Gasteiger partial charge in [0.1, 0.15) is 0 Å². The molecule has 0 amide bonds. The van der Waals surface area contributed by atoms with Crippen LogP contribution in [0.4, 0.5) is 0 Å². The molecule has 0 bridgehead atoms. The summed E-state index contributed by atoms with van der Waals surface area (Å²) in [6.45, 7) is 4.25. The molecule has 0 saturated carbocycles. The van der Waals surface area contributed by atoms with Gasteiger partial charge < -0.3 is 10.3 Å². The molecule has 1 aliphatic rings. The van der Waals surface area contributed by atoms with Crippen LogP contribution in [0.5, 0.6) is 0 Å². The van der Waals surface area contributed by atoms with Gasteiger partial charge in [0, 0.05) is 12.6 Å². The van der Waals surface area contributed by atoms with Gasteiger partial charge in [-0.15, -0.1) is 0 Å². The molecule has 5 heteroatoms. The molecule has 1 aromatic carbocycles. The first kappa shape index (κ1) is 12.3. The molecule has 2 aromatic rings. The lowest BCUT2D eigenvalue weighted by atomic mass is 9.94. The van der Waals surface area contributed by atoms with E-state index >= 15 is 0 Å². The van der Waals surface area contributed by atoms with Crippen molar-refractivity contribution in [1.29, 1.82) is 0 Å². The van der Waals surface area contributed by atoms with Gasteiger partial charge in [-0.3, -0.25) is 4.90 Å². The summed E-state index contributed by atoms with van der Waals surface area (Å²) >= 11 is 0. The fraction of sp³-hybridized carbons (Fsp3) is 0.429. The number of nitrogens with two attached hydrogens (primary N) is 1. The van der Waals surface area contributed by atoms with Crippen molar-refractivity contribution in [3.63, 3.8) is 0 Å². The van der Waals surface area contributed by atoms with Crippen molar-refractivity contribution in [1.82, 2.24) is 15.0 Å². The molecule has 0 radical (unpaired) electrons. The third-order valence-electron chi connectivity index (χ3n) is 3.75. The van der Waals surface area contributed by atoms with E-state index < -0.39 is 0 Å². The first-order valence-corrected chi connectivity index (χ1v) is 6.61. The maximum absolute atomic E-state index is 5.48. The van der Waals surface area contributed by atoms with Gasteiger partial charge in [-0.1, -0.05) is 29.4 Å². The highest BCUT2D eigenvalue weighted by Gasteiger charge is 2.24. The number of rotatable bonds is 3. The van der Waals surface area contributed by atoms with Crippen molar-refractivity contribution in [2.45, 2.75) is 32.5 Å². The van der Waals surface area contributed by atoms with Crippen LogP contribution in [-0.4, -0.2) is 21.6 Å². The number of hydrogen-bond acceptors (Lipinski definition) is 5. The van der Waals surface area contributed by atoms with Crippen LogP contribution in [0, 0.1) is 0 Å². The average Bonchev–Trinajstić information content (AvgIpc) is 2.90. The van der Waals surface area contributed by atoms with Gasteiger partial charge in [0.25, 0.3) is 0 Å². The minimum atomic E-state index is 0.297. The standard InChI is InChI=1S/C14H18N4O/c1-10-12-5-3-2-4-11(12)6-7-18(10)9-13-16-14(8-15)19-17-13/h2-5,10H,6-9,15H2,1H3. The normalized spacial score (nSPS) is 19.4.